The molecule has 0 spiro atoms. The number of nitrogens with zero attached hydrogens (tertiary/aromatic N) is 4. The second-order valence-electron chi connectivity index (χ2n) is 6.44. The van der Waals surface area contributed by atoms with Crippen LogP contribution in [0.3, 0.4) is 0 Å². The Morgan fingerprint density at radius 2 is 2.07 bits per heavy atom. The first kappa shape index (κ1) is 20.7. The molecular weight excluding hydrogens is 390 g/mol. The fourth-order valence-corrected chi connectivity index (χ4v) is 3.13. The maximum Gasteiger partial charge on any atom is 0.243 e. The van der Waals surface area contributed by atoms with Crippen LogP contribution in [-0.4, -0.2) is 26.8 Å². The zero-order chi connectivity index (χ0) is 20.6. The number of benzene rings is 2. The number of rotatable bonds is 10. The normalized spacial score (nSPS) is 10.6. The summed E-state index contributed by atoms with van der Waals surface area (Å²) in [6, 6.07) is 11.9. The first-order valence-electron chi connectivity index (χ1n) is 9.35. The Bertz CT molecular complexity index is 973. The third-order valence-corrected chi connectivity index (χ3v) is 4.40. The Hall–Kier alpha value is -3.06. The number of hydrogen-bond acceptors (Lipinski definition) is 6. The highest BCUT2D eigenvalue weighted by Gasteiger charge is 2.14. The predicted octanol–water partition coefficient (Wildman–Crippen LogP) is 4.41. The summed E-state index contributed by atoms with van der Waals surface area (Å²) < 4.78 is 13.4. The molecule has 0 aliphatic carbocycles. The van der Waals surface area contributed by atoms with E-state index in [-0.39, 0.29) is 0 Å². The molecule has 0 saturated carbocycles. The third-order valence-electron chi connectivity index (χ3n) is 4.12. The van der Waals surface area contributed by atoms with Crippen LogP contribution in [0.4, 0.5) is 5.95 Å². The van der Waals surface area contributed by atoms with Gasteiger partial charge in [0.15, 0.2) is 11.5 Å². The van der Waals surface area contributed by atoms with Gasteiger partial charge in [0.2, 0.25) is 5.95 Å². The van der Waals surface area contributed by atoms with Crippen molar-refractivity contribution in [2.24, 2.45) is 0 Å². The number of ether oxygens (including phenoxy) is 2. The average molecular weight is 414 g/mol. The fraction of sp³-hybridized carbons (Fsp3) is 0.286. The van der Waals surface area contributed by atoms with Crippen LogP contribution in [0.5, 0.6) is 11.5 Å². The molecule has 0 saturated heterocycles. The molecule has 3 rings (SSSR count). The van der Waals surface area contributed by atoms with E-state index in [1.807, 2.05) is 31.2 Å². The van der Waals surface area contributed by atoms with Gasteiger partial charge in [0, 0.05) is 6.54 Å². The largest absolute Gasteiger partial charge is 0.490 e. The highest BCUT2D eigenvalue weighted by Crippen LogP contribution is 2.37. The van der Waals surface area contributed by atoms with Crippen molar-refractivity contribution in [2.45, 2.75) is 33.5 Å². The number of halogens is 1. The van der Waals surface area contributed by atoms with Crippen molar-refractivity contribution in [1.82, 2.24) is 20.2 Å². The van der Waals surface area contributed by atoms with Crippen LogP contribution in [0.25, 0.3) is 0 Å². The number of hydrogen-bond donors (Lipinski definition) is 1. The molecule has 1 heterocycles. The second-order valence-corrected chi connectivity index (χ2v) is 6.85. The highest BCUT2D eigenvalue weighted by atomic mass is 35.5. The Labute approximate surface area is 175 Å². The van der Waals surface area contributed by atoms with E-state index in [4.69, 9.17) is 21.1 Å². The van der Waals surface area contributed by atoms with E-state index >= 15 is 0 Å². The van der Waals surface area contributed by atoms with Gasteiger partial charge in [-0.15, -0.1) is 6.58 Å². The van der Waals surface area contributed by atoms with Crippen molar-refractivity contribution in [1.29, 1.82) is 0 Å². The summed E-state index contributed by atoms with van der Waals surface area (Å²) >= 11 is 6.52. The van der Waals surface area contributed by atoms with Crippen molar-refractivity contribution in [3.8, 4) is 11.5 Å². The van der Waals surface area contributed by atoms with Crippen molar-refractivity contribution < 1.29 is 9.47 Å². The van der Waals surface area contributed by atoms with Crippen LogP contribution in [0, 0.1) is 6.92 Å². The number of tetrazole rings is 1. The lowest BCUT2D eigenvalue weighted by Gasteiger charge is -2.16. The molecule has 152 valence electrons. The Morgan fingerprint density at radius 1 is 1.21 bits per heavy atom. The van der Waals surface area contributed by atoms with Crippen LogP contribution in [0.1, 0.15) is 23.6 Å². The molecule has 0 amide bonds. The number of anilines is 1. The summed E-state index contributed by atoms with van der Waals surface area (Å²) in [4.78, 5) is 0. The van der Waals surface area contributed by atoms with E-state index in [1.165, 1.54) is 5.56 Å². The zero-order valence-electron chi connectivity index (χ0n) is 16.6. The minimum Gasteiger partial charge on any atom is -0.490 e. The molecular formula is C21H24ClN5O2. The van der Waals surface area contributed by atoms with E-state index in [0.29, 0.717) is 48.8 Å². The summed E-state index contributed by atoms with van der Waals surface area (Å²) in [5, 5.41) is 15.2. The van der Waals surface area contributed by atoms with Gasteiger partial charge >= 0.3 is 0 Å². The molecule has 2 aromatic carbocycles. The fourth-order valence-electron chi connectivity index (χ4n) is 2.84. The Kier molecular flexibility index (Phi) is 7.08. The lowest BCUT2D eigenvalue weighted by Crippen LogP contribution is -2.09. The third kappa shape index (κ3) is 5.48. The lowest BCUT2D eigenvalue weighted by molar-refractivity contribution is 0.269. The molecule has 29 heavy (non-hydrogen) atoms. The summed E-state index contributed by atoms with van der Waals surface area (Å²) in [5.74, 6) is 1.70. The van der Waals surface area contributed by atoms with E-state index < -0.39 is 0 Å². The van der Waals surface area contributed by atoms with Crippen LogP contribution in [0.2, 0.25) is 5.02 Å². The lowest BCUT2D eigenvalue weighted by atomic mass is 10.1. The van der Waals surface area contributed by atoms with Crippen LogP contribution < -0.4 is 14.8 Å². The minimum atomic E-state index is 0.412. The van der Waals surface area contributed by atoms with Gasteiger partial charge in [0.05, 0.1) is 18.2 Å². The molecule has 0 aliphatic rings. The SMILES string of the molecule is C=CCn1nnnc1NCc1cc(Cl)c(OCc2cccc(C)c2)c(OCC)c1. The van der Waals surface area contributed by atoms with Crippen molar-refractivity contribution >= 4 is 17.5 Å². The summed E-state index contributed by atoms with van der Waals surface area (Å²) in [5.41, 5.74) is 3.18. The van der Waals surface area contributed by atoms with Gasteiger partial charge in [0.25, 0.3) is 0 Å². The molecule has 7 nitrogen and oxygen atoms in total. The maximum absolute atomic E-state index is 6.52. The van der Waals surface area contributed by atoms with Gasteiger partial charge in [0.1, 0.15) is 6.61 Å². The molecule has 0 radical (unpaired) electrons. The summed E-state index contributed by atoms with van der Waals surface area (Å²) in [7, 11) is 0. The smallest absolute Gasteiger partial charge is 0.243 e. The molecule has 1 aromatic heterocycles. The summed E-state index contributed by atoms with van der Waals surface area (Å²) in [6.45, 7) is 9.59. The van der Waals surface area contributed by atoms with Crippen LogP contribution in [0.15, 0.2) is 49.1 Å². The first-order valence-corrected chi connectivity index (χ1v) is 9.73. The van der Waals surface area contributed by atoms with E-state index in [9.17, 15) is 0 Å². The van der Waals surface area contributed by atoms with E-state index in [1.54, 1.807) is 10.8 Å². The number of allylic oxidation sites excluding steroid dienone is 1. The van der Waals surface area contributed by atoms with Gasteiger partial charge in [-0.3, -0.25) is 0 Å². The Morgan fingerprint density at radius 3 is 2.83 bits per heavy atom. The second kappa shape index (κ2) is 9.93. The Balaban J connectivity index is 1.74. The maximum atomic E-state index is 6.52. The molecule has 1 N–H and O–H groups in total. The van der Waals surface area contributed by atoms with Gasteiger partial charge in [-0.1, -0.05) is 52.6 Å². The van der Waals surface area contributed by atoms with Crippen LogP contribution in [-0.2, 0) is 19.7 Å². The molecule has 3 aromatic rings. The van der Waals surface area contributed by atoms with Gasteiger partial charge in [-0.05, 0) is 47.5 Å². The molecule has 0 bridgehead atoms. The van der Waals surface area contributed by atoms with Crippen molar-refractivity contribution in [2.75, 3.05) is 11.9 Å². The van der Waals surface area contributed by atoms with E-state index in [0.717, 1.165) is 11.1 Å². The molecule has 0 atom stereocenters. The van der Waals surface area contributed by atoms with Gasteiger partial charge < -0.3 is 14.8 Å². The van der Waals surface area contributed by atoms with Gasteiger partial charge in [-0.2, -0.15) is 0 Å². The quantitative estimate of drug-likeness (QED) is 0.496. The van der Waals surface area contributed by atoms with Crippen molar-refractivity contribution in [3.05, 3.63) is 70.8 Å². The standard InChI is InChI=1S/C21H24ClN5O2/c1-4-9-27-21(24-25-26-27)23-13-17-11-18(22)20(19(12-17)28-5-2)29-14-16-8-6-7-15(3)10-16/h4,6-8,10-12H,1,5,9,13-14H2,2-3H3,(H,23,24,26). The summed E-state index contributed by atoms with van der Waals surface area (Å²) in [6.07, 6.45) is 1.73. The average Bonchev–Trinajstić information content (AvgIpc) is 3.13. The molecule has 0 aliphatic heterocycles. The van der Waals surface area contributed by atoms with Crippen molar-refractivity contribution in [3.63, 3.8) is 0 Å². The molecule has 0 fully saturated rings. The topological polar surface area (TPSA) is 74.1 Å². The minimum absolute atomic E-state index is 0.412. The number of aryl methyl sites for hydroxylation is 1. The molecule has 0 unspecified atom stereocenters. The molecule has 8 heteroatoms. The number of nitrogens with one attached hydrogen (secondary N) is 1. The first-order chi connectivity index (χ1) is 14.1. The predicted molar refractivity (Wildman–Crippen MR) is 113 cm³/mol. The van der Waals surface area contributed by atoms with E-state index in [2.05, 4.69) is 46.5 Å². The zero-order valence-corrected chi connectivity index (χ0v) is 17.3. The number of aromatic nitrogens is 4. The van der Waals surface area contributed by atoms with Crippen LogP contribution >= 0.6 is 11.6 Å². The van der Waals surface area contributed by atoms with Gasteiger partial charge in [-0.25, -0.2) is 4.68 Å². The highest BCUT2D eigenvalue weighted by molar-refractivity contribution is 6.32. The monoisotopic (exact) mass is 413 g/mol.